The summed E-state index contributed by atoms with van der Waals surface area (Å²) in [6.45, 7) is 0.606. The molecule has 7 heteroatoms. The van der Waals surface area contributed by atoms with Gasteiger partial charge in [0.25, 0.3) is 0 Å². The van der Waals surface area contributed by atoms with E-state index in [2.05, 4.69) is 33.8 Å². The Kier molecular flexibility index (Phi) is 7.23. The molecule has 1 atom stereocenters. The topological polar surface area (TPSA) is 88.7 Å². The number of carbonyl (C=O) groups excluding carboxylic acids is 1. The number of nitrogens with zero attached hydrogens (tertiary/aromatic N) is 1. The van der Waals surface area contributed by atoms with Crippen molar-refractivity contribution in [1.82, 2.24) is 10.6 Å². The van der Waals surface area contributed by atoms with Crippen LogP contribution in [0.5, 0.6) is 5.75 Å². The zero-order chi connectivity index (χ0) is 20.3. The number of hydrogen-bond acceptors (Lipinski definition) is 3. The van der Waals surface area contributed by atoms with Crippen molar-refractivity contribution in [3.63, 3.8) is 0 Å². The highest BCUT2D eigenvalue weighted by molar-refractivity contribution is 14.0. The number of halogens is 1. The second-order valence-electron chi connectivity index (χ2n) is 7.92. The van der Waals surface area contributed by atoms with Crippen LogP contribution in [0.1, 0.15) is 59.6 Å². The van der Waals surface area contributed by atoms with Gasteiger partial charge in [-0.15, -0.1) is 24.0 Å². The highest BCUT2D eigenvalue weighted by atomic mass is 127. The molecule has 1 unspecified atom stereocenters. The van der Waals surface area contributed by atoms with Crippen LogP contribution in [0.3, 0.4) is 0 Å². The maximum Gasteiger partial charge on any atom is 0.248 e. The fourth-order valence-electron chi connectivity index (χ4n) is 4.40. The van der Waals surface area contributed by atoms with E-state index in [4.69, 9.17) is 10.5 Å². The predicted octanol–water partition coefficient (Wildman–Crippen LogP) is 3.91. The average molecular weight is 520 g/mol. The molecule has 1 saturated carbocycles. The summed E-state index contributed by atoms with van der Waals surface area (Å²) in [5, 5.41) is 6.97. The number of para-hydroxylation sites is 1. The summed E-state index contributed by atoms with van der Waals surface area (Å²) in [5.41, 5.74) is 7.99. The Hall–Kier alpha value is -2.29. The molecule has 160 valence electrons. The van der Waals surface area contributed by atoms with Crippen LogP contribution in [0.15, 0.2) is 53.5 Å². The van der Waals surface area contributed by atoms with Gasteiger partial charge in [0.05, 0.1) is 6.04 Å². The predicted molar refractivity (Wildman–Crippen MR) is 129 cm³/mol. The van der Waals surface area contributed by atoms with Gasteiger partial charge in [-0.1, -0.05) is 30.3 Å². The van der Waals surface area contributed by atoms with Gasteiger partial charge in [-0.25, -0.2) is 0 Å². The molecule has 4 rings (SSSR count). The van der Waals surface area contributed by atoms with Gasteiger partial charge in [-0.05, 0) is 49.4 Å². The van der Waals surface area contributed by atoms with Crippen molar-refractivity contribution in [2.45, 2.75) is 50.3 Å². The monoisotopic (exact) mass is 520 g/mol. The zero-order valence-corrected chi connectivity index (χ0v) is 19.5. The average Bonchev–Trinajstić information content (AvgIpc) is 3.18. The molecule has 1 amide bonds. The van der Waals surface area contributed by atoms with E-state index in [0.29, 0.717) is 12.1 Å². The number of carbonyl (C=O) groups is 1. The van der Waals surface area contributed by atoms with Crippen molar-refractivity contribution < 1.29 is 9.53 Å². The first-order valence-corrected chi connectivity index (χ1v) is 10.2. The number of nitrogens with one attached hydrogen (secondary N) is 2. The third-order valence-corrected chi connectivity index (χ3v) is 5.94. The highest BCUT2D eigenvalue weighted by Gasteiger charge is 2.43. The fourth-order valence-corrected chi connectivity index (χ4v) is 4.40. The second-order valence-corrected chi connectivity index (χ2v) is 7.92. The van der Waals surface area contributed by atoms with Crippen LogP contribution in [0, 0.1) is 0 Å². The van der Waals surface area contributed by atoms with E-state index in [0.717, 1.165) is 36.5 Å². The molecule has 0 radical (unpaired) electrons. The van der Waals surface area contributed by atoms with Gasteiger partial charge in [0.15, 0.2) is 5.96 Å². The molecule has 0 aromatic heterocycles. The molecule has 1 fully saturated rings. The third-order valence-electron chi connectivity index (χ3n) is 5.94. The molecule has 4 N–H and O–H groups in total. The molecule has 0 saturated heterocycles. The number of ether oxygens (including phenoxy) is 1. The first kappa shape index (κ1) is 22.4. The van der Waals surface area contributed by atoms with E-state index in [9.17, 15) is 4.79 Å². The third kappa shape index (κ3) is 4.88. The summed E-state index contributed by atoms with van der Waals surface area (Å²) in [6.07, 6.45) is 5.61. The highest BCUT2D eigenvalue weighted by Crippen LogP contribution is 2.46. The van der Waals surface area contributed by atoms with Crippen LogP contribution < -0.4 is 21.1 Å². The minimum atomic E-state index is -0.416. The summed E-state index contributed by atoms with van der Waals surface area (Å²) in [7, 11) is 1.78. The molecule has 1 aliphatic carbocycles. The van der Waals surface area contributed by atoms with Gasteiger partial charge >= 0.3 is 0 Å². The molecular weight excluding hydrogens is 491 g/mol. The van der Waals surface area contributed by atoms with Crippen molar-refractivity contribution in [3.8, 4) is 5.75 Å². The maximum atomic E-state index is 11.2. The fraction of sp³-hybridized carbons (Fsp3) is 0.391. The molecule has 30 heavy (non-hydrogen) atoms. The number of fused-ring (bicyclic) bond motifs is 1. The van der Waals surface area contributed by atoms with Crippen molar-refractivity contribution >= 4 is 35.8 Å². The zero-order valence-electron chi connectivity index (χ0n) is 17.2. The number of guanidine groups is 1. The largest absolute Gasteiger partial charge is 0.487 e. The maximum absolute atomic E-state index is 11.2. The first-order valence-electron chi connectivity index (χ1n) is 10.2. The van der Waals surface area contributed by atoms with E-state index >= 15 is 0 Å². The molecule has 2 aromatic carbocycles. The van der Waals surface area contributed by atoms with Crippen molar-refractivity contribution in [1.29, 1.82) is 0 Å². The standard InChI is InChI=1S/C23H28N4O2.HI/c1-25-22(26-15-16-8-10-17(11-9-16)21(24)28)27-19-14-23(12-4-5-13-23)29-20-7-3-2-6-18(19)20;/h2-3,6-11,19H,4-5,12-15H2,1H3,(H2,24,28)(H2,25,26,27);1H. The lowest BCUT2D eigenvalue weighted by Crippen LogP contribution is -2.46. The Balaban J connectivity index is 0.00000256. The molecule has 0 bridgehead atoms. The number of rotatable bonds is 4. The van der Waals surface area contributed by atoms with Crippen molar-refractivity contribution in [2.24, 2.45) is 10.7 Å². The molecule has 2 aromatic rings. The number of aliphatic imine (C=N–C) groups is 1. The summed E-state index contributed by atoms with van der Waals surface area (Å²) in [6, 6.07) is 15.7. The summed E-state index contributed by atoms with van der Waals surface area (Å²) in [4.78, 5) is 15.6. The number of nitrogens with two attached hydrogens (primary N) is 1. The van der Waals surface area contributed by atoms with Crippen molar-refractivity contribution in [2.75, 3.05) is 7.05 Å². The molecule has 1 heterocycles. The minimum absolute atomic E-state index is 0. The smallest absolute Gasteiger partial charge is 0.248 e. The first-order chi connectivity index (χ1) is 14.1. The van der Waals surface area contributed by atoms with E-state index in [-0.39, 0.29) is 35.6 Å². The lowest BCUT2D eigenvalue weighted by molar-refractivity contribution is 0.0396. The van der Waals surface area contributed by atoms with E-state index in [1.807, 2.05) is 18.2 Å². The summed E-state index contributed by atoms with van der Waals surface area (Å²) < 4.78 is 6.45. The molecule has 1 aliphatic heterocycles. The van der Waals surface area contributed by atoms with E-state index in [1.165, 1.54) is 18.4 Å². The molecule has 1 spiro atoms. The van der Waals surface area contributed by atoms with Gasteiger partial charge in [0.2, 0.25) is 5.91 Å². The Morgan fingerprint density at radius 3 is 2.53 bits per heavy atom. The van der Waals surface area contributed by atoms with Gasteiger partial charge in [0.1, 0.15) is 11.4 Å². The van der Waals surface area contributed by atoms with Crippen LogP contribution in [0.2, 0.25) is 0 Å². The quantitative estimate of drug-likeness (QED) is 0.324. The Labute approximate surface area is 194 Å². The molecular formula is C23H29IN4O2. The molecule has 6 nitrogen and oxygen atoms in total. The number of primary amides is 1. The second kappa shape index (κ2) is 9.68. The van der Waals surface area contributed by atoms with Gasteiger partial charge in [-0.2, -0.15) is 0 Å². The van der Waals surface area contributed by atoms with E-state index < -0.39 is 5.91 Å². The SMILES string of the molecule is CN=C(NCc1ccc(C(N)=O)cc1)NC1CC2(CCCC2)Oc2ccccc21.I. The van der Waals surface area contributed by atoms with Crippen LogP contribution in [0.4, 0.5) is 0 Å². The number of hydrogen-bond donors (Lipinski definition) is 3. The lowest BCUT2D eigenvalue weighted by Gasteiger charge is -2.40. The van der Waals surface area contributed by atoms with Crippen molar-refractivity contribution in [3.05, 3.63) is 65.2 Å². The lowest BCUT2D eigenvalue weighted by atomic mass is 9.86. The Morgan fingerprint density at radius 1 is 1.17 bits per heavy atom. The summed E-state index contributed by atoms with van der Waals surface area (Å²) in [5.74, 6) is 1.32. The van der Waals surface area contributed by atoms with Crippen LogP contribution in [-0.4, -0.2) is 24.5 Å². The van der Waals surface area contributed by atoms with Crippen LogP contribution >= 0.6 is 24.0 Å². The van der Waals surface area contributed by atoms with E-state index in [1.54, 1.807) is 19.2 Å². The van der Waals surface area contributed by atoms with Gasteiger partial charge < -0.3 is 21.1 Å². The van der Waals surface area contributed by atoms with Crippen LogP contribution in [-0.2, 0) is 6.54 Å². The van der Waals surface area contributed by atoms with Gasteiger partial charge in [0, 0.05) is 31.1 Å². The van der Waals surface area contributed by atoms with Crippen LogP contribution in [0.25, 0.3) is 0 Å². The number of benzene rings is 2. The summed E-state index contributed by atoms with van der Waals surface area (Å²) >= 11 is 0. The Bertz CT molecular complexity index is 908. The Morgan fingerprint density at radius 2 is 1.87 bits per heavy atom. The number of amides is 1. The molecule has 2 aliphatic rings. The normalized spacial score (nSPS) is 19.4. The van der Waals surface area contributed by atoms with Gasteiger partial charge in [-0.3, -0.25) is 9.79 Å². The minimum Gasteiger partial charge on any atom is -0.487 e.